The number of aromatic nitrogens is 3. The predicted molar refractivity (Wildman–Crippen MR) is 112 cm³/mol. The first-order valence-electron chi connectivity index (χ1n) is 8.69. The smallest absolute Gasteiger partial charge is 0.221 e. The molecule has 1 aliphatic rings. The second-order valence-electron chi connectivity index (χ2n) is 6.18. The molecule has 3 N–H and O–H groups in total. The summed E-state index contributed by atoms with van der Waals surface area (Å²) in [6.07, 6.45) is 7.34. The summed E-state index contributed by atoms with van der Waals surface area (Å²) in [7, 11) is 0. The molecule has 3 heterocycles. The van der Waals surface area contributed by atoms with Crippen molar-refractivity contribution in [3.63, 3.8) is 0 Å². The lowest BCUT2D eigenvalue weighted by molar-refractivity contribution is -0.121. The zero-order valence-corrected chi connectivity index (χ0v) is 17.5. The molecule has 2 aromatic rings. The maximum atomic E-state index is 11.7. The summed E-state index contributed by atoms with van der Waals surface area (Å²) in [5.41, 5.74) is 6.46. The van der Waals surface area contributed by atoms with Crippen LogP contribution in [0.4, 0.5) is 0 Å². The molecule has 1 amide bonds. The van der Waals surface area contributed by atoms with Gasteiger partial charge in [-0.05, 0) is 25.5 Å². The van der Waals surface area contributed by atoms with Crippen molar-refractivity contribution in [3.8, 4) is 10.8 Å². The van der Waals surface area contributed by atoms with Crippen LogP contribution in [0.1, 0.15) is 31.4 Å². The average Bonchev–Trinajstić information content (AvgIpc) is 3.11. The maximum Gasteiger partial charge on any atom is 0.221 e. The number of piperidine rings is 1. The lowest BCUT2D eigenvalue weighted by atomic mass is 10.0. The number of likely N-dealkylation sites (tertiary alicyclic amines) is 1. The van der Waals surface area contributed by atoms with Crippen molar-refractivity contribution in [2.45, 2.75) is 38.3 Å². The van der Waals surface area contributed by atoms with E-state index in [0.717, 1.165) is 30.2 Å². The van der Waals surface area contributed by atoms with Crippen LogP contribution in [-0.4, -0.2) is 51.4 Å². The fourth-order valence-electron chi connectivity index (χ4n) is 3.05. The zero-order valence-electron chi connectivity index (χ0n) is 15.0. The third-order valence-corrected chi connectivity index (χ3v) is 5.22. The molecule has 27 heavy (non-hydrogen) atoms. The van der Waals surface area contributed by atoms with Gasteiger partial charge in [-0.25, -0.2) is 15.0 Å². The Bertz CT molecular complexity index is 687. The van der Waals surface area contributed by atoms with Crippen molar-refractivity contribution < 1.29 is 4.79 Å². The molecule has 1 unspecified atom stereocenters. The summed E-state index contributed by atoms with van der Waals surface area (Å²) in [4.78, 5) is 27.3. The van der Waals surface area contributed by atoms with Gasteiger partial charge in [0, 0.05) is 49.9 Å². The van der Waals surface area contributed by atoms with E-state index in [1.807, 2.05) is 0 Å². The fourth-order valence-corrected chi connectivity index (χ4v) is 3.81. The minimum atomic E-state index is 0. The van der Waals surface area contributed by atoms with Crippen molar-refractivity contribution in [2.24, 2.45) is 5.73 Å². The molecule has 2 aromatic heterocycles. The van der Waals surface area contributed by atoms with Crippen molar-refractivity contribution >= 4 is 42.1 Å². The number of hydrogen-bond acceptors (Lipinski definition) is 7. The molecule has 1 saturated heterocycles. The van der Waals surface area contributed by atoms with Crippen LogP contribution >= 0.6 is 36.2 Å². The average molecular weight is 433 g/mol. The first kappa shape index (κ1) is 23.7. The topological polar surface area (TPSA) is 97.0 Å². The quantitative estimate of drug-likeness (QED) is 0.696. The lowest BCUT2D eigenvalue weighted by Crippen LogP contribution is -2.46. The summed E-state index contributed by atoms with van der Waals surface area (Å²) < 4.78 is 0. The van der Waals surface area contributed by atoms with Gasteiger partial charge in [0.15, 0.2) is 10.8 Å². The Labute approximate surface area is 176 Å². The lowest BCUT2D eigenvalue weighted by Gasteiger charge is -2.35. The van der Waals surface area contributed by atoms with Crippen LogP contribution in [0.2, 0.25) is 0 Å². The number of rotatable bonds is 7. The van der Waals surface area contributed by atoms with Crippen LogP contribution < -0.4 is 11.1 Å². The minimum absolute atomic E-state index is 0. The van der Waals surface area contributed by atoms with E-state index in [9.17, 15) is 4.79 Å². The van der Waals surface area contributed by atoms with Crippen LogP contribution in [0.25, 0.3) is 10.8 Å². The molecule has 0 spiro atoms. The molecule has 3 rings (SSSR count). The summed E-state index contributed by atoms with van der Waals surface area (Å²) in [6.45, 7) is 2.90. The second-order valence-corrected chi connectivity index (χ2v) is 7.04. The fraction of sp³-hybridized carbons (Fsp3) is 0.529. The van der Waals surface area contributed by atoms with Gasteiger partial charge >= 0.3 is 0 Å². The molecule has 150 valence electrons. The van der Waals surface area contributed by atoms with E-state index in [2.05, 4.69) is 30.5 Å². The summed E-state index contributed by atoms with van der Waals surface area (Å²) in [5.74, 6) is 0.702. The molecule has 0 aliphatic carbocycles. The second kappa shape index (κ2) is 12.2. The number of halogens is 2. The highest BCUT2D eigenvalue weighted by Crippen LogP contribution is 2.23. The SMILES string of the molecule is Cl.Cl.NCCC(=O)NCC1CCCCN1Cc1csc(-c2ncccn2)n1. The Morgan fingerprint density at radius 2 is 2.07 bits per heavy atom. The van der Waals surface area contributed by atoms with Gasteiger partial charge in [0.05, 0.1) is 5.69 Å². The normalized spacial score (nSPS) is 16.9. The molecular formula is C17H26Cl2N6OS. The number of nitrogens with zero attached hydrogens (tertiary/aromatic N) is 4. The first-order valence-corrected chi connectivity index (χ1v) is 9.57. The molecule has 7 nitrogen and oxygen atoms in total. The Hall–Kier alpha value is -1.32. The third-order valence-electron chi connectivity index (χ3n) is 4.33. The van der Waals surface area contributed by atoms with Crippen LogP contribution in [0, 0.1) is 0 Å². The van der Waals surface area contributed by atoms with Crippen molar-refractivity contribution in [3.05, 3.63) is 29.5 Å². The first-order chi connectivity index (χ1) is 12.3. The van der Waals surface area contributed by atoms with Crippen molar-refractivity contribution in [1.29, 1.82) is 0 Å². The molecule has 1 aliphatic heterocycles. The monoisotopic (exact) mass is 432 g/mol. The van der Waals surface area contributed by atoms with Crippen LogP contribution in [0.3, 0.4) is 0 Å². The van der Waals surface area contributed by atoms with E-state index in [-0.39, 0.29) is 30.7 Å². The molecular weight excluding hydrogens is 407 g/mol. The van der Waals surface area contributed by atoms with E-state index in [1.54, 1.807) is 29.8 Å². The van der Waals surface area contributed by atoms with Gasteiger partial charge in [-0.3, -0.25) is 9.69 Å². The Kier molecular flexibility index (Phi) is 10.7. The zero-order chi connectivity index (χ0) is 17.5. The molecule has 1 fully saturated rings. The minimum Gasteiger partial charge on any atom is -0.354 e. The van der Waals surface area contributed by atoms with Crippen molar-refractivity contribution in [2.75, 3.05) is 19.6 Å². The number of carbonyl (C=O) groups is 1. The molecule has 0 radical (unpaired) electrons. The highest BCUT2D eigenvalue weighted by Gasteiger charge is 2.23. The summed E-state index contributed by atoms with van der Waals surface area (Å²) in [5, 5.41) is 5.92. The van der Waals surface area contributed by atoms with Gasteiger partial charge in [0.25, 0.3) is 0 Å². The van der Waals surface area contributed by atoms with Gasteiger partial charge in [-0.15, -0.1) is 36.2 Å². The van der Waals surface area contributed by atoms with E-state index in [0.29, 0.717) is 31.4 Å². The highest BCUT2D eigenvalue weighted by molar-refractivity contribution is 7.13. The van der Waals surface area contributed by atoms with Gasteiger partial charge in [-0.1, -0.05) is 6.42 Å². The Morgan fingerprint density at radius 1 is 1.30 bits per heavy atom. The molecule has 0 aromatic carbocycles. The highest BCUT2D eigenvalue weighted by atomic mass is 35.5. The number of hydrogen-bond donors (Lipinski definition) is 2. The Balaban J connectivity index is 0.00000182. The number of nitrogens with two attached hydrogens (primary N) is 1. The van der Waals surface area contributed by atoms with Gasteiger partial charge in [-0.2, -0.15) is 0 Å². The maximum absolute atomic E-state index is 11.7. The summed E-state index contributed by atoms with van der Waals surface area (Å²) in [6, 6.07) is 2.16. The van der Waals surface area contributed by atoms with E-state index >= 15 is 0 Å². The number of thiazole rings is 1. The van der Waals surface area contributed by atoms with E-state index in [4.69, 9.17) is 5.73 Å². The van der Waals surface area contributed by atoms with Crippen LogP contribution in [0.5, 0.6) is 0 Å². The number of nitrogens with one attached hydrogen (secondary N) is 1. The number of carbonyl (C=O) groups excluding carboxylic acids is 1. The standard InChI is InChI=1S/C17H24N6OS.2ClH/c18-6-5-15(24)21-10-14-4-1-2-9-23(14)11-13-12-25-17(22-13)16-19-7-3-8-20-16;;/h3,7-8,12,14H,1-2,4-6,9-11,18H2,(H,21,24);2*1H. The molecule has 0 bridgehead atoms. The van der Waals surface area contributed by atoms with E-state index in [1.165, 1.54) is 12.8 Å². The Morgan fingerprint density at radius 3 is 2.81 bits per heavy atom. The molecule has 10 heteroatoms. The van der Waals surface area contributed by atoms with Crippen LogP contribution in [0.15, 0.2) is 23.8 Å². The molecule has 1 atom stereocenters. The number of amides is 1. The van der Waals surface area contributed by atoms with Crippen LogP contribution in [-0.2, 0) is 11.3 Å². The van der Waals surface area contributed by atoms with Gasteiger partial charge in [0.2, 0.25) is 5.91 Å². The van der Waals surface area contributed by atoms with Gasteiger partial charge in [0.1, 0.15) is 0 Å². The van der Waals surface area contributed by atoms with Gasteiger partial charge < -0.3 is 11.1 Å². The van der Waals surface area contributed by atoms with E-state index < -0.39 is 0 Å². The predicted octanol–water partition coefficient (Wildman–Crippen LogP) is 2.26. The third kappa shape index (κ3) is 6.97. The largest absolute Gasteiger partial charge is 0.354 e. The molecule has 0 saturated carbocycles. The summed E-state index contributed by atoms with van der Waals surface area (Å²) >= 11 is 1.57. The van der Waals surface area contributed by atoms with Crippen molar-refractivity contribution in [1.82, 2.24) is 25.2 Å².